The van der Waals surface area contributed by atoms with Crippen LogP contribution in [0.4, 0.5) is 5.69 Å². The van der Waals surface area contributed by atoms with Crippen molar-refractivity contribution in [3.63, 3.8) is 0 Å². The number of rotatable bonds is 2. The Labute approximate surface area is 137 Å². The van der Waals surface area contributed by atoms with Gasteiger partial charge in [0.25, 0.3) is 0 Å². The molecule has 0 bridgehead atoms. The van der Waals surface area contributed by atoms with Gasteiger partial charge in [0, 0.05) is 15.1 Å². The summed E-state index contributed by atoms with van der Waals surface area (Å²) < 4.78 is 6.92. The monoisotopic (exact) mass is 399 g/mol. The number of nitrogens with one attached hydrogen (secondary N) is 1. The SMILES string of the molecule is CC1COc2ccccc2C1Nc1ccc(I)cc1Cl. The van der Waals surface area contributed by atoms with Crippen LogP contribution < -0.4 is 10.1 Å². The summed E-state index contributed by atoms with van der Waals surface area (Å²) in [5.74, 6) is 1.35. The van der Waals surface area contributed by atoms with E-state index in [1.54, 1.807) is 0 Å². The second kappa shape index (κ2) is 5.82. The van der Waals surface area contributed by atoms with Crippen molar-refractivity contribution in [2.24, 2.45) is 5.92 Å². The third-order valence-electron chi connectivity index (χ3n) is 3.57. The molecule has 2 atom stereocenters. The Morgan fingerprint density at radius 1 is 1.25 bits per heavy atom. The second-order valence-electron chi connectivity index (χ2n) is 5.07. The van der Waals surface area contributed by atoms with E-state index in [0.29, 0.717) is 5.92 Å². The number of hydrogen-bond acceptors (Lipinski definition) is 2. The van der Waals surface area contributed by atoms with E-state index in [2.05, 4.69) is 47.0 Å². The molecule has 0 spiro atoms. The molecule has 0 aromatic heterocycles. The summed E-state index contributed by atoms with van der Waals surface area (Å²) in [7, 11) is 0. The fourth-order valence-corrected chi connectivity index (χ4v) is 3.40. The lowest BCUT2D eigenvalue weighted by molar-refractivity contribution is 0.214. The first-order chi connectivity index (χ1) is 9.65. The standard InChI is InChI=1S/C16H15ClINO/c1-10-9-20-15-5-3-2-4-12(15)16(10)19-14-7-6-11(18)8-13(14)17/h2-8,10,16,19H,9H2,1H3. The van der Waals surface area contributed by atoms with Crippen molar-refractivity contribution in [3.8, 4) is 5.75 Å². The van der Waals surface area contributed by atoms with E-state index in [1.165, 1.54) is 5.56 Å². The Kier molecular flexibility index (Phi) is 4.08. The van der Waals surface area contributed by atoms with Crippen molar-refractivity contribution in [1.29, 1.82) is 0 Å². The highest BCUT2D eigenvalue weighted by atomic mass is 127. The third kappa shape index (κ3) is 2.74. The predicted molar refractivity (Wildman–Crippen MR) is 91.6 cm³/mol. The molecule has 1 aliphatic heterocycles. The van der Waals surface area contributed by atoms with Gasteiger partial charge in [-0.15, -0.1) is 0 Å². The number of fused-ring (bicyclic) bond motifs is 1. The fourth-order valence-electron chi connectivity index (χ4n) is 2.49. The smallest absolute Gasteiger partial charge is 0.124 e. The van der Waals surface area contributed by atoms with Crippen molar-refractivity contribution in [2.45, 2.75) is 13.0 Å². The Morgan fingerprint density at radius 3 is 2.85 bits per heavy atom. The molecule has 104 valence electrons. The zero-order valence-corrected chi connectivity index (χ0v) is 14.0. The summed E-state index contributed by atoms with van der Waals surface area (Å²) in [6.45, 7) is 2.91. The summed E-state index contributed by atoms with van der Waals surface area (Å²) in [4.78, 5) is 0. The van der Waals surface area contributed by atoms with Gasteiger partial charge in [0.1, 0.15) is 5.75 Å². The van der Waals surface area contributed by atoms with Crippen LogP contribution in [0.5, 0.6) is 5.75 Å². The number of benzene rings is 2. The second-order valence-corrected chi connectivity index (χ2v) is 6.73. The van der Waals surface area contributed by atoms with Crippen molar-refractivity contribution >= 4 is 39.9 Å². The van der Waals surface area contributed by atoms with E-state index in [9.17, 15) is 0 Å². The van der Waals surface area contributed by atoms with Gasteiger partial charge in [-0.2, -0.15) is 0 Å². The van der Waals surface area contributed by atoms with E-state index in [4.69, 9.17) is 16.3 Å². The number of ether oxygens (including phenoxy) is 1. The maximum absolute atomic E-state index is 6.32. The Hall–Kier alpha value is -0.940. The highest BCUT2D eigenvalue weighted by molar-refractivity contribution is 14.1. The molecule has 0 saturated heterocycles. The molecular weight excluding hydrogens is 385 g/mol. The summed E-state index contributed by atoms with van der Waals surface area (Å²) in [5.41, 5.74) is 2.17. The largest absolute Gasteiger partial charge is 0.493 e. The molecule has 1 N–H and O–H groups in total. The quantitative estimate of drug-likeness (QED) is 0.707. The van der Waals surface area contributed by atoms with E-state index in [0.717, 1.165) is 26.6 Å². The first-order valence-electron chi connectivity index (χ1n) is 6.58. The van der Waals surface area contributed by atoms with Crippen LogP contribution in [-0.4, -0.2) is 6.61 Å². The lowest BCUT2D eigenvalue weighted by Crippen LogP contribution is -2.28. The molecule has 2 unspecified atom stereocenters. The van der Waals surface area contributed by atoms with E-state index in [1.807, 2.05) is 30.3 Å². The Morgan fingerprint density at radius 2 is 2.05 bits per heavy atom. The first kappa shape index (κ1) is 14.0. The lowest BCUT2D eigenvalue weighted by atomic mass is 9.92. The molecule has 4 heteroatoms. The van der Waals surface area contributed by atoms with Crippen molar-refractivity contribution in [2.75, 3.05) is 11.9 Å². The maximum Gasteiger partial charge on any atom is 0.124 e. The van der Waals surface area contributed by atoms with Gasteiger partial charge in [-0.25, -0.2) is 0 Å². The average Bonchev–Trinajstić information content (AvgIpc) is 2.44. The van der Waals surface area contributed by atoms with Crippen LogP contribution in [0.15, 0.2) is 42.5 Å². The van der Waals surface area contributed by atoms with E-state index < -0.39 is 0 Å². The van der Waals surface area contributed by atoms with Crippen LogP contribution in [-0.2, 0) is 0 Å². The molecular formula is C16H15ClINO. The maximum atomic E-state index is 6.32. The third-order valence-corrected chi connectivity index (χ3v) is 4.55. The van der Waals surface area contributed by atoms with Gasteiger partial charge in [-0.1, -0.05) is 36.7 Å². The topological polar surface area (TPSA) is 21.3 Å². The lowest BCUT2D eigenvalue weighted by Gasteiger charge is -2.33. The number of halogens is 2. The molecule has 0 saturated carbocycles. The van der Waals surface area contributed by atoms with Gasteiger partial charge in [-0.05, 0) is 46.9 Å². The van der Waals surface area contributed by atoms with Gasteiger partial charge in [0.2, 0.25) is 0 Å². The van der Waals surface area contributed by atoms with E-state index >= 15 is 0 Å². The van der Waals surface area contributed by atoms with Gasteiger partial charge in [0.15, 0.2) is 0 Å². The molecule has 0 amide bonds. The zero-order chi connectivity index (χ0) is 14.1. The minimum Gasteiger partial charge on any atom is -0.493 e. The van der Waals surface area contributed by atoms with Gasteiger partial charge < -0.3 is 10.1 Å². The molecule has 2 aromatic rings. The predicted octanol–water partition coefficient (Wildman–Crippen LogP) is 5.13. The summed E-state index contributed by atoms with van der Waals surface area (Å²) in [6.07, 6.45) is 0. The highest BCUT2D eigenvalue weighted by Gasteiger charge is 2.27. The number of hydrogen-bond donors (Lipinski definition) is 1. The summed E-state index contributed by atoms with van der Waals surface area (Å²) >= 11 is 8.59. The van der Waals surface area contributed by atoms with Gasteiger partial charge in [0.05, 0.1) is 23.4 Å². The Balaban J connectivity index is 1.93. The van der Waals surface area contributed by atoms with Crippen LogP contribution >= 0.6 is 34.2 Å². The molecule has 2 aromatic carbocycles. The van der Waals surface area contributed by atoms with Crippen LogP contribution in [0.2, 0.25) is 5.02 Å². The molecule has 0 fully saturated rings. The molecule has 3 rings (SSSR count). The minimum absolute atomic E-state index is 0.220. The van der Waals surface area contributed by atoms with Crippen LogP contribution in [0.1, 0.15) is 18.5 Å². The van der Waals surface area contributed by atoms with Crippen molar-refractivity contribution in [1.82, 2.24) is 0 Å². The van der Waals surface area contributed by atoms with Crippen LogP contribution in [0, 0.1) is 9.49 Å². The summed E-state index contributed by atoms with van der Waals surface area (Å²) in [6, 6.07) is 14.5. The minimum atomic E-state index is 0.220. The molecule has 1 aliphatic rings. The first-order valence-corrected chi connectivity index (χ1v) is 8.04. The fraction of sp³-hybridized carbons (Fsp3) is 0.250. The number of anilines is 1. The van der Waals surface area contributed by atoms with Crippen LogP contribution in [0.3, 0.4) is 0 Å². The number of para-hydroxylation sites is 1. The normalized spacial score (nSPS) is 20.9. The summed E-state index contributed by atoms with van der Waals surface area (Å²) in [5, 5.41) is 4.32. The molecule has 1 heterocycles. The van der Waals surface area contributed by atoms with Crippen molar-refractivity contribution < 1.29 is 4.74 Å². The Bertz CT molecular complexity index is 632. The van der Waals surface area contributed by atoms with Gasteiger partial charge in [-0.3, -0.25) is 0 Å². The molecule has 0 aliphatic carbocycles. The van der Waals surface area contributed by atoms with Crippen LogP contribution in [0.25, 0.3) is 0 Å². The zero-order valence-electron chi connectivity index (χ0n) is 11.1. The van der Waals surface area contributed by atoms with Crippen molar-refractivity contribution in [3.05, 3.63) is 56.6 Å². The molecule has 20 heavy (non-hydrogen) atoms. The van der Waals surface area contributed by atoms with Gasteiger partial charge >= 0.3 is 0 Å². The van der Waals surface area contributed by atoms with E-state index in [-0.39, 0.29) is 6.04 Å². The average molecular weight is 400 g/mol. The molecule has 2 nitrogen and oxygen atoms in total. The molecule has 0 radical (unpaired) electrons. The highest BCUT2D eigenvalue weighted by Crippen LogP contribution is 2.38.